The van der Waals surface area contributed by atoms with E-state index in [1.54, 1.807) is 13.1 Å². The maximum absolute atomic E-state index is 11.8. The molecule has 0 aliphatic carbocycles. The van der Waals surface area contributed by atoms with Gasteiger partial charge in [-0.2, -0.15) is 0 Å². The third-order valence-corrected chi connectivity index (χ3v) is 6.12. The Hall–Kier alpha value is -1.33. The number of fused-ring (bicyclic) bond motifs is 1. The largest absolute Gasteiger partial charge is 0.369 e. The first-order valence-corrected chi connectivity index (χ1v) is 8.57. The van der Waals surface area contributed by atoms with Crippen molar-refractivity contribution >= 4 is 38.0 Å². The van der Waals surface area contributed by atoms with E-state index in [2.05, 4.69) is 9.88 Å². The lowest BCUT2D eigenvalue weighted by Crippen LogP contribution is -2.45. The topological polar surface area (TPSA) is 50.3 Å². The van der Waals surface area contributed by atoms with E-state index in [0.717, 1.165) is 16.6 Å². The van der Waals surface area contributed by atoms with Gasteiger partial charge in [-0.15, -0.1) is 0 Å². The molecule has 0 saturated carbocycles. The molecule has 1 aromatic carbocycles. The van der Waals surface area contributed by atoms with Gasteiger partial charge in [0, 0.05) is 35.4 Å². The lowest BCUT2D eigenvalue weighted by molar-refractivity contribution is 0.569. The van der Waals surface area contributed by atoms with Gasteiger partial charge in [-0.3, -0.25) is 4.98 Å². The molecule has 0 unspecified atom stereocenters. The number of rotatable bonds is 1. The van der Waals surface area contributed by atoms with Crippen LogP contribution in [-0.4, -0.2) is 37.5 Å². The highest BCUT2D eigenvalue weighted by molar-refractivity contribution is 7.92. The summed E-state index contributed by atoms with van der Waals surface area (Å²) in [6.45, 7) is 2.78. The molecule has 1 fully saturated rings. The van der Waals surface area contributed by atoms with Crippen molar-refractivity contribution in [3.8, 4) is 0 Å². The molecule has 1 saturated heterocycles. The molecule has 0 bridgehead atoms. The molecule has 1 atom stereocenters. The minimum Gasteiger partial charge on any atom is -0.369 e. The number of hydrogen-bond acceptors (Lipinski definition) is 4. The Labute approximate surface area is 123 Å². The van der Waals surface area contributed by atoms with Crippen LogP contribution >= 0.6 is 11.6 Å². The monoisotopic (exact) mass is 310 g/mol. The lowest BCUT2D eigenvalue weighted by atomic mass is 10.1. The summed E-state index contributed by atoms with van der Waals surface area (Å²) in [5.74, 6) is 0.193. The van der Waals surface area contributed by atoms with Gasteiger partial charge in [-0.05, 0) is 31.2 Å². The fourth-order valence-corrected chi connectivity index (χ4v) is 4.01. The van der Waals surface area contributed by atoms with Crippen LogP contribution in [0.1, 0.15) is 6.92 Å². The SMILES string of the molecule is C[C@@H]1CN(c2ccnc3ccc(Cl)cc23)CCS1(=O)=O. The van der Waals surface area contributed by atoms with Crippen LogP contribution in [-0.2, 0) is 9.84 Å². The van der Waals surface area contributed by atoms with Crippen molar-refractivity contribution in [1.29, 1.82) is 0 Å². The molecule has 4 nitrogen and oxygen atoms in total. The average molecular weight is 311 g/mol. The number of benzene rings is 1. The molecule has 6 heteroatoms. The van der Waals surface area contributed by atoms with Crippen molar-refractivity contribution in [3.05, 3.63) is 35.5 Å². The van der Waals surface area contributed by atoms with Crippen LogP contribution in [0.2, 0.25) is 5.02 Å². The van der Waals surface area contributed by atoms with E-state index in [-0.39, 0.29) is 11.0 Å². The molecule has 0 spiro atoms. The number of hydrogen-bond donors (Lipinski definition) is 0. The average Bonchev–Trinajstić information content (AvgIpc) is 2.41. The normalized spacial score (nSPS) is 22.1. The van der Waals surface area contributed by atoms with Crippen LogP contribution in [0.15, 0.2) is 30.5 Å². The molecule has 3 rings (SSSR count). The highest BCUT2D eigenvalue weighted by Gasteiger charge is 2.30. The molecule has 0 amide bonds. The van der Waals surface area contributed by atoms with Crippen molar-refractivity contribution in [3.63, 3.8) is 0 Å². The molecular formula is C14H15ClN2O2S. The highest BCUT2D eigenvalue weighted by Crippen LogP contribution is 2.29. The Morgan fingerprint density at radius 3 is 2.90 bits per heavy atom. The van der Waals surface area contributed by atoms with Gasteiger partial charge >= 0.3 is 0 Å². The van der Waals surface area contributed by atoms with Gasteiger partial charge in [0.1, 0.15) is 0 Å². The lowest BCUT2D eigenvalue weighted by Gasteiger charge is -2.33. The zero-order valence-corrected chi connectivity index (χ0v) is 12.7. The third-order valence-electron chi connectivity index (χ3n) is 3.76. The first-order chi connectivity index (χ1) is 9.47. The summed E-state index contributed by atoms with van der Waals surface area (Å²) in [5.41, 5.74) is 1.87. The van der Waals surface area contributed by atoms with Gasteiger partial charge in [0.2, 0.25) is 0 Å². The molecule has 2 heterocycles. The molecule has 1 aliphatic rings. The van der Waals surface area contributed by atoms with Crippen molar-refractivity contribution in [1.82, 2.24) is 4.98 Å². The summed E-state index contributed by atoms with van der Waals surface area (Å²) in [4.78, 5) is 6.43. The van der Waals surface area contributed by atoms with Gasteiger partial charge in [-0.25, -0.2) is 8.42 Å². The Kier molecular flexibility index (Phi) is 3.34. The van der Waals surface area contributed by atoms with E-state index < -0.39 is 9.84 Å². The summed E-state index contributed by atoms with van der Waals surface area (Å²) in [6, 6.07) is 7.49. The Bertz CT molecular complexity index is 761. The summed E-state index contributed by atoms with van der Waals surface area (Å²) in [6.07, 6.45) is 1.75. The molecule has 0 N–H and O–H groups in total. The maximum Gasteiger partial charge on any atom is 0.156 e. The second-order valence-electron chi connectivity index (χ2n) is 5.12. The number of pyridine rings is 1. The van der Waals surface area contributed by atoms with Crippen LogP contribution in [0.4, 0.5) is 5.69 Å². The molecule has 0 radical (unpaired) electrons. The smallest absolute Gasteiger partial charge is 0.156 e. The number of sulfone groups is 1. The van der Waals surface area contributed by atoms with Crippen LogP contribution in [0.25, 0.3) is 10.9 Å². The summed E-state index contributed by atoms with van der Waals surface area (Å²) in [5, 5.41) is 1.27. The van der Waals surface area contributed by atoms with E-state index in [1.807, 2.05) is 24.3 Å². The van der Waals surface area contributed by atoms with Crippen molar-refractivity contribution in [2.75, 3.05) is 23.7 Å². The second-order valence-corrected chi connectivity index (χ2v) is 8.09. The second kappa shape index (κ2) is 4.90. The van der Waals surface area contributed by atoms with Crippen molar-refractivity contribution < 1.29 is 8.42 Å². The minimum atomic E-state index is -2.95. The number of anilines is 1. The van der Waals surface area contributed by atoms with E-state index in [0.29, 0.717) is 18.1 Å². The number of aromatic nitrogens is 1. The van der Waals surface area contributed by atoms with Crippen LogP contribution < -0.4 is 4.90 Å². The Morgan fingerprint density at radius 2 is 2.15 bits per heavy atom. The number of halogens is 1. The zero-order valence-electron chi connectivity index (χ0n) is 11.1. The molecule has 1 aromatic heterocycles. The summed E-state index contributed by atoms with van der Waals surface area (Å²) in [7, 11) is -2.95. The van der Waals surface area contributed by atoms with Crippen molar-refractivity contribution in [2.45, 2.75) is 12.2 Å². The molecular weight excluding hydrogens is 296 g/mol. The molecule has 2 aromatic rings. The Balaban J connectivity index is 2.05. The molecule has 106 valence electrons. The summed E-state index contributed by atoms with van der Waals surface area (Å²) < 4.78 is 23.6. The molecule has 20 heavy (non-hydrogen) atoms. The zero-order chi connectivity index (χ0) is 14.3. The van der Waals surface area contributed by atoms with Gasteiger partial charge < -0.3 is 4.90 Å². The highest BCUT2D eigenvalue weighted by atomic mass is 35.5. The van der Waals surface area contributed by atoms with E-state index in [4.69, 9.17) is 11.6 Å². The summed E-state index contributed by atoms with van der Waals surface area (Å²) >= 11 is 6.06. The van der Waals surface area contributed by atoms with Gasteiger partial charge in [-0.1, -0.05) is 11.6 Å². The van der Waals surface area contributed by atoms with Gasteiger partial charge in [0.15, 0.2) is 9.84 Å². The minimum absolute atomic E-state index is 0.193. The third kappa shape index (κ3) is 2.36. The first kappa shape index (κ1) is 13.6. The van der Waals surface area contributed by atoms with Gasteiger partial charge in [0.05, 0.1) is 16.5 Å². The predicted octanol–water partition coefficient (Wildman–Crippen LogP) is 2.51. The van der Waals surface area contributed by atoms with Crippen LogP contribution in [0.3, 0.4) is 0 Å². The van der Waals surface area contributed by atoms with Crippen molar-refractivity contribution in [2.24, 2.45) is 0 Å². The van der Waals surface area contributed by atoms with Crippen LogP contribution in [0, 0.1) is 0 Å². The van der Waals surface area contributed by atoms with E-state index in [9.17, 15) is 8.42 Å². The quantitative estimate of drug-likeness (QED) is 0.812. The van der Waals surface area contributed by atoms with Crippen LogP contribution in [0.5, 0.6) is 0 Å². The molecule has 1 aliphatic heterocycles. The maximum atomic E-state index is 11.8. The van der Waals surface area contributed by atoms with Gasteiger partial charge in [0.25, 0.3) is 0 Å². The van der Waals surface area contributed by atoms with E-state index in [1.165, 1.54) is 0 Å². The van der Waals surface area contributed by atoms with E-state index >= 15 is 0 Å². The Morgan fingerprint density at radius 1 is 1.35 bits per heavy atom. The first-order valence-electron chi connectivity index (χ1n) is 6.48. The predicted molar refractivity (Wildman–Crippen MR) is 82.2 cm³/mol. The fraction of sp³-hybridized carbons (Fsp3) is 0.357. The fourth-order valence-electron chi connectivity index (χ4n) is 2.55. The number of nitrogens with zero attached hydrogens (tertiary/aromatic N) is 2. The standard InChI is InChI=1S/C14H15ClN2O2S/c1-10-9-17(6-7-20(10,18)19)14-4-5-16-13-3-2-11(15)8-12(13)14/h2-5,8,10H,6-7,9H2,1H3/t10-/m1/s1.